The minimum Gasteiger partial charge on any atom is -0.481 e. The molecule has 82 valence electrons. The summed E-state index contributed by atoms with van der Waals surface area (Å²) in [5.74, 6) is -4.18. The van der Waals surface area contributed by atoms with Gasteiger partial charge in [-0.3, -0.25) is 4.79 Å². The molecule has 0 aliphatic heterocycles. The minimum atomic E-state index is -1.14. The molecule has 5 heteroatoms. The van der Waals surface area contributed by atoms with Crippen LogP contribution in [0.3, 0.4) is 0 Å². The van der Waals surface area contributed by atoms with Gasteiger partial charge < -0.3 is 9.84 Å². The van der Waals surface area contributed by atoms with Crippen molar-refractivity contribution in [2.24, 2.45) is 0 Å². The van der Waals surface area contributed by atoms with Crippen LogP contribution in [0.15, 0.2) is 18.2 Å². The van der Waals surface area contributed by atoms with Crippen LogP contribution in [0, 0.1) is 11.6 Å². The van der Waals surface area contributed by atoms with E-state index in [0.29, 0.717) is 0 Å². The maximum absolute atomic E-state index is 12.8. The van der Waals surface area contributed by atoms with E-state index in [9.17, 15) is 13.6 Å². The van der Waals surface area contributed by atoms with Crippen molar-refractivity contribution in [3.05, 3.63) is 35.4 Å². The lowest BCUT2D eigenvalue weighted by atomic mass is 10.00. The summed E-state index contributed by atoms with van der Waals surface area (Å²) < 4.78 is 30.1. The molecule has 0 saturated carbocycles. The maximum atomic E-state index is 12.8. The smallest absolute Gasteiger partial charge is 0.313 e. The standard InChI is InChI=1S/C10H10F2O3/c1-15-5-7(10(13)14)6-2-3-8(11)9(12)4-6/h2-4,7H,5H2,1H3,(H,13,14). The largest absolute Gasteiger partial charge is 0.481 e. The predicted octanol–water partition coefficient (Wildman–Crippen LogP) is 1.78. The predicted molar refractivity (Wildman–Crippen MR) is 48.6 cm³/mol. The molecule has 0 radical (unpaired) electrons. The Morgan fingerprint density at radius 3 is 2.60 bits per heavy atom. The fraction of sp³-hybridized carbons (Fsp3) is 0.300. The van der Waals surface area contributed by atoms with Crippen molar-refractivity contribution in [2.45, 2.75) is 5.92 Å². The minimum absolute atomic E-state index is 0.0829. The Kier molecular flexibility index (Phi) is 3.74. The van der Waals surface area contributed by atoms with Crippen LogP contribution >= 0.6 is 0 Å². The molecule has 0 aliphatic rings. The first-order valence-corrected chi connectivity index (χ1v) is 4.23. The van der Waals surface area contributed by atoms with Gasteiger partial charge in [0.1, 0.15) is 5.92 Å². The highest BCUT2D eigenvalue weighted by molar-refractivity contribution is 5.76. The fourth-order valence-electron chi connectivity index (χ4n) is 1.21. The Bertz CT molecular complexity index is 366. The molecule has 0 bridgehead atoms. The molecule has 0 heterocycles. The molecule has 1 rings (SSSR count). The van der Waals surface area contributed by atoms with E-state index in [0.717, 1.165) is 12.1 Å². The van der Waals surface area contributed by atoms with E-state index in [-0.39, 0.29) is 12.2 Å². The molecule has 0 amide bonds. The van der Waals surface area contributed by atoms with Gasteiger partial charge in [0.05, 0.1) is 6.61 Å². The van der Waals surface area contributed by atoms with Crippen LogP contribution < -0.4 is 0 Å². The Morgan fingerprint density at radius 2 is 2.13 bits per heavy atom. The molecule has 15 heavy (non-hydrogen) atoms. The highest BCUT2D eigenvalue weighted by Crippen LogP contribution is 2.19. The second-order valence-corrected chi connectivity index (χ2v) is 3.02. The monoisotopic (exact) mass is 216 g/mol. The van der Waals surface area contributed by atoms with Crippen LogP contribution in [-0.2, 0) is 9.53 Å². The number of carboxylic acids is 1. The van der Waals surface area contributed by atoms with E-state index >= 15 is 0 Å². The first-order valence-electron chi connectivity index (χ1n) is 4.23. The lowest BCUT2D eigenvalue weighted by Crippen LogP contribution is -2.17. The van der Waals surface area contributed by atoms with Gasteiger partial charge in [0, 0.05) is 7.11 Å². The highest BCUT2D eigenvalue weighted by Gasteiger charge is 2.20. The normalized spacial score (nSPS) is 12.5. The summed E-state index contributed by atoms with van der Waals surface area (Å²) in [7, 11) is 1.34. The van der Waals surface area contributed by atoms with E-state index in [1.807, 2.05) is 0 Å². The fourth-order valence-corrected chi connectivity index (χ4v) is 1.21. The average Bonchev–Trinajstić information content (AvgIpc) is 2.18. The second-order valence-electron chi connectivity index (χ2n) is 3.02. The van der Waals surface area contributed by atoms with Crippen molar-refractivity contribution in [3.63, 3.8) is 0 Å². The number of ether oxygens (including phenoxy) is 1. The van der Waals surface area contributed by atoms with E-state index in [4.69, 9.17) is 9.84 Å². The van der Waals surface area contributed by atoms with Crippen LogP contribution in [0.2, 0.25) is 0 Å². The molecule has 1 unspecified atom stereocenters. The van der Waals surface area contributed by atoms with Crippen LogP contribution in [0.25, 0.3) is 0 Å². The second kappa shape index (κ2) is 4.84. The zero-order valence-corrected chi connectivity index (χ0v) is 8.04. The number of hydrogen-bond acceptors (Lipinski definition) is 2. The molecule has 0 aliphatic carbocycles. The first-order chi connectivity index (χ1) is 7.06. The van der Waals surface area contributed by atoms with Crippen molar-refractivity contribution in [1.82, 2.24) is 0 Å². The first kappa shape index (κ1) is 11.6. The molecular weight excluding hydrogens is 206 g/mol. The van der Waals surface area contributed by atoms with Crippen molar-refractivity contribution in [1.29, 1.82) is 0 Å². The Labute approximate surface area is 85.3 Å². The van der Waals surface area contributed by atoms with Crippen molar-refractivity contribution >= 4 is 5.97 Å². The summed E-state index contributed by atoms with van der Waals surface area (Å²) in [6, 6.07) is 3.00. The molecule has 3 nitrogen and oxygen atoms in total. The van der Waals surface area contributed by atoms with Gasteiger partial charge in [0.15, 0.2) is 11.6 Å². The van der Waals surface area contributed by atoms with Gasteiger partial charge in [0.25, 0.3) is 0 Å². The number of methoxy groups -OCH3 is 1. The lowest BCUT2D eigenvalue weighted by molar-refractivity contribution is -0.140. The summed E-state index contributed by atoms with van der Waals surface area (Å²) >= 11 is 0. The molecule has 1 N–H and O–H groups in total. The molecule has 0 aromatic heterocycles. The van der Waals surface area contributed by atoms with E-state index in [1.54, 1.807) is 0 Å². The zero-order valence-electron chi connectivity index (χ0n) is 8.04. The summed E-state index contributed by atoms with van der Waals surface area (Å²) in [5.41, 5.74) is 0.184. The third-order valence-corrected chi connectivity index (χ3v) is 1.98. The van der Waals surface area contributed by atoms with Crippen molar-refractivity contribution in [3.8, 4) is 0 Å². The lowest BCUT2D eigenvalue weighted by Gasteiger charge is -2.11. The van der Waals surface area contributed by atoms with E-state index in [1.165, 1.54) is 13.2 Å². The third-order valence-electron chi connectivity index (χ3n) is 1.98. The van der Waals surface area contributed by atoms with Crippen molar-refractivity contribution < 1.29 is 23.4 Å². The molecule has 0 spiro atoms. The van der Waals surface area contributed by atoms with Crippen LogP contribution in [0.1, 0.15) is 11.5 Å². The SMILES string of the molecule is COCC(C(=O)O)c1ccc(F)c(F)c1. The number of carboxylic acid groups (broad SMARTS) is 1. The highest BCUT2D eigenvalue weighted by atomic mass is 19.2. The van der Waals surface area contributed by atoms with Gasteiger partial charge in [0.2, 0.25) is 0 Å². The average molecular weight is 216 g/mol. The van der Waals surface area contributed by atoms with Crippen LogP contribution in [-0.4, -0.2) is 24.8 Å². The maximum Gasteiger partial charge on any atom is 0.313 e. The number of aliphatic carboxylic acids is 1. The van der Waals surface area contributed by atoms with Crippen LogP contribution in [0.4, 0.5) is 8.78 Å². The quantitative estimate of drug-likeness (QED) is 0.834. The Balaban J connectivity index is 3.01. The molecule has 1 atom stereocenters. The molecule has 1 aromatic carbocycles. The number of carbonyl (C=O) groups is 1. The summed E-state index contributed by atoms with van der Waals surface area (Å²) in [4.78, 5) is 10.8. The van der Waals surface area contributed by atoms with Crippen molar-refractivity contribution in [2.75, 3.05) is 13.7 Å². The van der Waals surface area contributed by atoms with Gasteiger partial charge in [-0.25, -0.2) is 8.78 Å². The Hall–Kier alpha value is -1.49. The summed E-state index contributed by atoms with van der Waals surface area (Å²) in [6.07, 6.45) is 0. The number of benzene rings is 1. The molecule has 1 aromatic rings. The molecule has 0 saturated heterocycles. The zero-order chi connectivity index (χ0) is 11.4. The van der Waals surface area contributed by atoms with Gasteiger partial charge in [-0.2, -0.15) is 0 Å². The third kappa shape index (κ3) is 2.73. The Morgan fingerprint density at radius 1 is 1.47 bits per heavy atom. The molecular formula is C10H10F2O3. The topological polar surface area (TPSA) is 46.5 Å². The molecule has 0 fully saturated rings. The van der Waals surface area contributed by atoms with Gasteiger partial charge in [-0.1, -0.05) is 6.07 Å². The summed E-state index contributed by atoms with van der Waals surface area (Å²) in [5, 5.41) is 8.82. The van der Waals surface area contributed by atoms with Gasteiger partial charge in [-0.15, -0.1) is 0 Å². The number of rotatable bonds is 4. The van der Waals surface area contributed by atoms with Gasteiger partial charge in [-0.05, 0) is 17.7 Å². The number of halogens is 2. The van der Waals surface area contributed by atoms with Crippen LogP contribution in [0.5, 0.6) is 0 Å². The van der Waals surface area contributed by atoms with E-state index < -0.39 is 23.5 Å². The number of hydrogen-bond donors (Lipinski definition) is 1. The van der Waals surface area contributed by atoms with E-state index in [2.05, 4.69) is 0 Å². The summed E-state index contributed by atoms with van der Waals surface area (Å²) in [6.45, 7) is -0.0829. The van der Waals surface area contributed by atoms with Gasteiger partial charge >= 0.3 is 5.97 Å².